The van der Waals surface area contributed by atoms with Gasteiger partial charge < -0.3 is 13.7 Å². The molecule has 0 unspecified atom stereocenters. The lowest BCUT2D eigenvalue weighted by Gasteiger charge is -2.09. The van der Waals surface area contributed by atoms with Crippen LogP contribution < -0.4 is 4.74 Å². The van der Waals surface area contributed by atoms with E-state index in [1.165, 1.54) is 6.20 Å². The van der Waals surface area contributed by atoms with Crippen LogP contribution in [0.2, 0.25) is 0 Å². The quantitative estimate of drug-likeness (QED) is 0.265. The molecule has 164 valence electrons. The predicted octanol–water partition coefficient (Wildman–Crippen LogP) is 6.05. The Morgan fingerprint density at radius 1 is 1.09 bits per heavy atom. The highest BCUT2D eigenvalue weighted by molar-refractivity contribution is 9.10. The number of aromatic nitrogens is 3. The van der Waals surface area contributed by atoms with Gasteiger partial charge in [-0.2, -0.15) is 0 Å². The van der Waals surface area contributed by atoms with Gasteiger partial charge in [0.25, 0.3) is 5.89 Å². The molecule has 0 spiro atoms. The third-order valence-corrected chi connectivity index (χ3v) is 6.16. The zero-order valence-corrected chi connectivity index (χ0v) is 19.7. The second kappa shape index (κ2) is 8.67. The van der Waals surface area contributed by atoms with Crippen molar-refractivity contribution in [3.63, 3.8) is 0 Å². The Labute approximate surface area is 199 Å². The van der Waals surface area contributed by atoms with Gasteiger partial charge in [-0.25, -0.2) is 4.98 Å². The van der Waals surface area contributed by atoms with Gasteiger partial charge in [-0.3, -0.25) is 9.78 Å². The van der Waals surface area contributed by atoms with Crippen LogP contribution in [0.1, 0.15) is 27.5 Å². The van der Waals surface area contributed by atoms with Gasteiger partial charge in [-0.1, -0.05) is 34.1 Å². The summed E-state index contributed by atoms with van der Waals surface area (Å²) in [7, 11) is 1.61. The maximum Gasteiger partial charge on any atom is 0.268 e. The van der Waals surface area contributed by atoms with Crippen molar-refractivity contribution in [2.24, 2.45) is 0 Å². The third kappa shape index (κ3) is 3.96. The van der Waals surface area contributed by atoms with Crippen LogP contribution in [0.3, 0.4) is 0 Å². The molecule has 0 aliphatic rings. The van der Waals surface area contributed by atoms with Crippen molar-refractivity contribution in [1.82, 2.24) is 14.5 Å². The van der Waals surface area contributed by atoms with E-state index in [2.05, 4.69) is 42.6 Å². The Kier molecular flexibility index (Phi) is 5.56. The lowest BCUT2D eigenvalue weighted by atomic mass is 10.1. The van der Waals surface area contributed by atoms with Gasteiger partial charge in [-0.15, -0.1) is 0 Å². The van der Waals surface area contributed by atoms with Gasteiger partial charge in [0.15, 0.2) is 5.76 Å². The molecule has 6 nitrogen and oxygen atoms in total. The minimum absolute atomic E-state index is 0.0317. The van der Waals surface area contributed by atoms with Crippen LogP contribution >= 0.6 is 15.9 Å². The average Bonchev–Trinajstić information content (AvgIpc) is 3.44. The molecule has 0 bridgehead atoms. The fourth-order valence-corrected chi connectivity index (χ4v) is 4.23. The molecule has 2 aromatic carbocycles. The number of methoxy groups -OCH3 is 1. The van der Waals surface area contributed by atoms with Crippen molar-refractivity contribution in [2.75, 3.05) is 7.11 Å². The van der Waals surface area contributed by atoms with E-state index < -0.39 is 0 Å². The molecule has 5 aromatic rings. The monoisotopic (exact) mass is 501 g/mol. The van der Waals surface area contributed by atoms with Crippen LogP contribution in [0, 0.1) is 6.92 Å². The van der Waals surface area contributed by atoms with E-state index in [9.17, 15) is 4.79 Å². The standard InChI is InChI=1S/C26H20BrN3O3/c1-16-24(25(31)26-29-14-23(33-26)21-5-3-4-12-28-21)20-13-19(32-2)10-11-22(20)30(16)15-17-6-8-18(27)9-7-17/h3-14H,15H2,1-2H3. The molecule has 0 aliphatic carbocycles. The summed E-state index contributed by atoms with van der Waals surface area (Å²) in [5.74, 6) is 0.887. The first-order valence-electron chi connectivity index (χ1n) is 10.4. The van der Waals surface area contributed by atoms with Crippen LogP contribution in [-0.2, 0) is 6.54 Å². The van der Waals surface area contributed by atoms with Gasteiger partial charge in [0.1, 0.15) is 11.4 Å². The Bertz CT molecular complexity index is 1450. The van der Waals surface area contributed by atoms with Crippen LogP contribution in [0.15, 0.2) is 81.9 Å². The smallest absolute Gasteiger partial charge is 0.268 e. The summed E-state index contributed by atoms with van der Waals surface area (Å²) in [6, 6.07) is 19.4. The number of halogens is 1. The summed E-state index contributed by atoms with van der Waals surface area (Å²) in [6.07, 6.45) is 3.21. The summed E-state index contributed by atoms with van der Waals surface area (Å²) in [5.41, 5.74) is 4.08. The Balaban J connectivity index is 1.61. The number of nitrogens with zero attached hydrogens (tertiary/aromatic N) is 3. The van der Waals surface area contributed by atoms with Crippen molar-refractivity contribution >= 4 is 32.6 Å². The molecular formula is C26H20BrN3O3. The highest BCUT2D eigenvalue weighted by atomic mass is 79.9. The largest absolute Gasteiger partial charge is 0.497 e. The number of fused-ring (bicyclic) bond motifs is 1. The zero-order chi connectivity index (χ0) is 22.9. The van der Waals surface area contributed by atoms with Crippen molar-refractivity contribution in [2.45, 2.75) is 13.5 Å². The van der Waals surface area contributed by atoms with E-state index in [0.29, 0.717) is 29.3 Å². The fourth-order valence-electron chi connectivity index (χ4n) is 3.96. The second-order valence-electron chi connectivity index (χ2n) is 7.63. The number of ether oxygens (including phenoxy) is 1. The number of pyridine rings is 1. The van der Waals surface area contributed by atoms with Crippen molar-refractivity contribution in [1.29, 1.82) is 0 Å². The number of rotatable bonds is 6. The second-order valence-corrected chi connectivity index (χ2v) is 8.55. The van der Waals surface area contributed by atoms with Crippen molar-refractivity contribution in [3.8, 4) is 17.2 Å². The van der Waals surface area contributed by atoms with E-state index in [1.54, 1.807) is 13.3 Å². The zero-order valence-electron chi connectivity index (χ0n) is 18.1. The lowest BCUT2D eigenvalue weighted by molar-refractivity contribution is 0.100. The molecule has 0 atom stereocenters. The highest BCUT2D eigenvalue weighted by Gasteiger charge is 2.25. The maximum atomic E-state index is 13.6. The number of carbonyl (C=O) groups is 1. The van der Waals surface area contributed by atoms with E-state index in [-0.39, 0.29) is 11.7 Å². The summed E-state index contributed by atoms with van der Waals surface area (Å²) in [5, 5.41) is 0.798. The number of ketones is 1. The highest BCUT2D eigenvalue weighted by Crippen LogP contribution is 2.32. The first kappa shape index (κ1) is 21.2. The predicted molar refractivity (Wildman–Crippen MR) is 130 cm³/mol. The first-order chi connectivity index (χ1) is 16.0. The van der Waals surface area contributed by atoms with Gasteiger partial charge >= 0.3 is 0 Å². The van der Waals surface area contributed by atoms with E-state index in [1.807, 2.05) is 55.5 Å². The first-order valence-corrected chi connectivity index (χ1v) is 11.2. The van der Waals surface area contributed by atoms with E-state index in [0.717, 1.165) is 26.6 Å². The number of hydrogen-bond donors (Lipinski definition) is 0. The molecule has 0 radical (unpaired) electrons. The van der Waals surface area contributed by atoms with E-state index >= 15 is 0 Å². The normalized spacial score (nSPS) is 11.1. The molecule has 0 N–H and O–H groups in total. The summed E-state index contributed by atoms with van der Waals surface area (Å²) in [6.45, 7) is 2.57. The van der Waals surface area contributed by atoms with Crippen molar-refractivity contribution in [3.05, 3.63) is 100 Å². The molecule has 3 aromatic heterocycles. The van der Waals surface area contributed by atoms with Gasteiger partial charge in [0.05, 0.1) is 18.9 Å². The fraction of sp³-hybridized carbons (Fsp3) is 0.115. The van der Waals surface area contributed by atoms with Gasteiger partial charge in [0, 0.05) is 33.8 Å². The molecule has 0 fully saturated rings. The van der Waals surface area contributed by atoms with Crippen LogP contribution in [0.4, 0.5) is 0 Å². The molecule has 33 heavy (non-hydrogen) atoms. The number of benzene rings is 2. The summed E-state index contributed by atoms with van der Waals surface area (Å²) < 4.78 is 14.4. The van der Waals surface area contributed by atoms with Gasteiger partial charge in [0.2, 0.25) is 5.78 Å². The molecule has 0 saturated heterocycles. The lowest BCUT2D eigenvalue weighted by Crippen LogP contribution is -2.06. The maximum absolute atomic E-state index is 13.6. The molecule has 7 heteroatoms. The topological polar surface area (TPSA) is 70.2 Å². The minimum atomic E-state index is -0.275. The van der Waals surface area contributed by atoms with Crippen LogP contribution in [-0.4, -0.2) is 27.4 Å². The number of oxazole rings is 1. The molecule has 5 rings (SSSR count). The average molecular weight is 502 g/mol. The molecule has 0 amide bonds. The minimum Gasteiger partial charge on any atom is -0.497 e. The summed E-state index contributed by atoms with van der Waals surface area (Å²) >= 11 is 3.48. The van der Waals surface area contributed by atoms with Crippen LogP contribution in [0.25, 0.3) is 22.4 Å². The van der Waals surface area contributed by atoms with E-state index in [4.69, 9.17) is 9.15 Å². The third-order valence-electron chi connectivity index (χ3n) is 5.63. The van der Waals surface area contributed by atoms with Crippen molar-refractivity contribution < 1.29 is 13.9 Å². The summed E-state index contributed by atoms with van der Waals surface area (Å²) in [4.78, 5) is 22.1. The number of hydrogen-bond acceptors (Lipinski definition) is 5. The Morgan fingerprint density at radius 3 is 2.64 bits per heavy atom. The molecule has 3 heterocycles. The Hall–Kier alpha value is -3.71. The number of carbonyl (C=O) groups excluding carboxylic acids is 1. The van der Waals surface area contributed by atoms with Crippen LogP contribution in [0.5, 0.6) is 5.75 Å². The molecule has 0 aliphatic heterocycles. The van der Waals surface area contributed by atoms with Gasteiger partial charge in [-0.05, 0) is 55.0 Å². The molecule has 0 saturated carbocycles. The molecular weight excluding hydrogens is 482 g/mol. The Morgan fingerprint density at radius 2 is 1.91 bits per heavy atom. The SMILES string of the molecule is COc1ccc2c(c1)c(C(=O)c1ncc(-c3ccccn3)o1)c(C)n2Cc1ccc(Br)cc1.